The lowest BCUT2D eigenvalue weighted by Gasteiger charge is -2.11. The highest BCUT2D eigenvalue weighted by Gasteiger charge is 2.31. The maximum Gasteiger partial charge on any atom is 0.390 e. The lowest BCUT2D eigenvalue weighted by atomic mass is 10.2. The third kappa shape index (κ3) is 4.86. The van der Waals surface area contributed by atoms with Gasteiger partial charge in [0.05, 0.1) is 6.42 Å². The summed E-state index contributed by atoms with van der Waals surface area (Å²) in [4.78, 5) is 1.68. The number of rotatable bonds is 3. The molecule has 88 valence electrons. The van der Waals surface area contributed by atoms with Crippen molar-refractivity contribution in [1.82, 2.24) is 0 Å². The molecule has 0 bridgehead atoms. The molecule has 0 fully saturated rings. The van der Waals surface area contributed by atoms with E-state index in [1.54, 1.807) is 6.07 Å². The number of thiophene rings is 1. The topological polar surface area (TPSA) is 26.0 Å². The van der Waals surface area contributed by atoms with Crippen molar-refractivity contribution < 1.29 is 13.2 Å². The molecule has 1 rings (SSSR count). The first-order valence-electron chi connectivity index (χ1n) is 4.33. The van der Waals surface area contributed by atoms with Crippen molar-refractivity contribution in [2.45, 2.75) is 32.0 Å². The van der Waals surface area contributed by atoms with E-state index in [-0.39, 0.29) is 12.4 Å². The number of hydrogen-bond acceptors (Lipinski definition) is 2. The van der Waals surface area contributed by atoms with Crippen LogP contribution in [0.4, 0.5) is 13.2 Å². The molecule has 0 spiro atoms. The van der Waals surface area contributed by atoms with Crippen molar-refractivity contribution in [3.8, 4) is 0 Å². The highest BCUT2D eigenvalue weighted by molar-refractivity contribution is 7.12. The predicted octanol–water partition coefficient (Wildman–Crippen LogP) is 3.68. The molecule has 1 heterocycles. The highest BCUT2D eigenvalue weighted by atomic mass is 35.5. The van der Waals surface area contributed by atoms with Gasteiger partial charge in [-0.1, -0.05) is 6.92 Å². The van der Waals surface area contributed by atoms with E-state index in [1.807, 2.05) is 13.0 Å². The second-order valence-electron chi connectivity index (χ2n) is 3.08. The summed E-state index contributed by atoms with van der Waals surface area (Å²) in [6.07, 6.45) is -4.30. The van der Waals surface area contributed by atoms with Gasteiger partial charge in [0.25, 0.3) is 0 Å². The molecule has 0 radical (unpaired) electrons. The monoisotopic (exact) mass is 259 g/mol. The lowest BCUT2D eigenvalue weighted by molar-refractivity contribution is -0.138. The second-order valence-corrected chi connectivity index (χ2v) is 4.28. The minimum atomic E-state index is -4.18. The van der Waals surface area contributed by atoms with E-state index >= 15 is 0 Å². The van der Waals surface area contributed by atoms with Gasteiger partial charge in [-0.25, -0.2) is 0 Å². The van der Waals surface area contributed by atoms with Crippen LogP contribution in [-0.4, -0.2) is 6.18 Å². The highest BCUT2D eigenvalue weighted by Crippen LogP contribution is 2.31. The molecule has 2 N–H and O–H groups in total. The summed E-state index contributed by atoms with van der Waals surface area (Å²) in [5, 5.41) is 0. The van der Waals surface area contributed by atoms with E-state index in [4.69, 9.17) is 5.73 Å². The van der Waals surface area contributed by atoms with Crippen LogP contribution < -0.4 is 5.73 Å². The Balaban J connectivity index is 0.00000196. The van der Waals surface area contributed by atoms with Crippen LogP contribution in [0.3, 0.4) is 0 Å². The average Bonchev–Trinajstić information content (AvgIpc) is 2.48. The van der Waals surface area contributed by atoms with E-state index in [2.05, 4.69) is 0 Å². The number of hydrogen-bond donors (Lipinski definition) is 1. The number of aryl methyl sites for hydroxylation is 1. The zero-order chi connectivity index (χ0) is 10.8. The fourth-order valence-corrected chi connectivity index (χ4v) is 2.09. The molecule has 15 heavy (non-hydrogen) atoms. The van der Waals surface area contributed by atoms with Gasteiger partial charge in [-0.15, -0.1) is 23.7 Å². The van der Waals surface area contributed by atoms with Crippen molar-refractivity contribution in [3.05, 3.63) is 21.9 Å². The Hall–Kier alpha value is -0.260. The quantitative estimate of drug-likeness (QED) is 0.880. The molecule has 0 aliphatic carbocycles. The minimum Gasteiger partial charge on any atom is -0.323 e. The SMILES string of the molecule is CCc1ccc([C@H](N)CC(F)(F)F)s1.Cl. The van der Waals surface area contributed by atoms with Crippen LogP contribution in [0.2, 0.25) is 0 Å². The van der Waals surface area contributed by atoms with Gasteiger partial charge in [-0.05, 0) is 18.6 Å². The van der Waals surface area contributed by atoms with Gasteiger partial charge >= 0.3 is 6.18 Å². The largest absolute Gasteiger partial charge is 0.390 e. The molecule has 0 aliphatic rings. The normalized spacial score (nSPS) is 13.4. The van der Waals surface area contributed by atoms with Crippen molar-refractivity contribution >= 4 is 23.7 Å². The van der Waals surface area contributed by atoms with Crippen LogP contribution in [-0.2, 0) is 6.42 Å². The molecular weight excluding hydrogens is 247 g/mol. The molecule has 1 atom stereocenters. The third-order valence-corrected chi connectivity index (χ3v) is 3.21. The Labute approximate surface area is 96.9 Å². The molecule has 0 aliphatic heterocycles. The Morgan fingerprint density at radius 2 is 2.00 bits per heavy atom. The predicted molar refractivity (Wildman–Crippen MR) is 58.5 cm³/mol. The Bertz CT molecular complexity index is 298. The molecule has 1 aromatic heterocycles. The zero-order valence-electron chi connectivity index (χ0n) is 8.17. The smallest absolute Gasteiger partial charge is 0.323 e. The molecule has 0 amide bonds. The van der Waals surface area contributed by atoms with Crippen molar-refractivity contribution in [3.63, 3.8) is 0 Å². The fraction of sp³-hybridized carbons (Fsp3) is 0.556. The first-order chi connectivity index (χ1) is 6.42. The van der Waals surface area contributed by atoms with Crippen molar-refractivity contribution in [2.75, 3.05) is 0 Å². The summed E-state index contributed by atoms with van der Waals surface area (Å²) in [5.41, 5.74) is 5.44. The second kappa shape index (κ2) is 5.72. The van der Waals surface area contributed by atoms with E-state index in [1.165, 1.54) is 11.3 Å². The van der Waals surface area contributed by atoms with Crippen LogP contribution in [0.15, 0.2) is 12.1 Å². The number of nitrogens with two attached hydrogens (primary N) is 1. The first kappa shape index (κ1) is 14.7. The number of alkyl halides is 3. The molecular formula is C9H13ClF3NS. The summed E-state index contributed by atoms with van der Waals surface area (Å²) in [6, 6.07) is 2.59. The summed E-state index contributed by atoms with van der Waals surface area (Å²) >= 11 is 1.36. The fourth-order valence-electron chi connectivity index (χ4n) is 1.13. The van der Waals surface area contributed by atoms with Gasteiger partial charge in [0.15, 0.2) is 0 Å². The Morgan fingerprint density at radius 1 is 1.40 bits per heavy atom. The van der Waals surface area contributed by atoms with Gasteiger partial charge < -0.3 is 5.73 Å². The average molecular weight is 260 g/mol. The number of halogens is 4. The van der Waals surface area contributed by atoms with E-state index in [9.17, 15) is 13.2 Å². The lowest BCUT2D eigenvalue weighted by Crippen LogP contribution is -2.19. The van der Waals surface area contributed by atoms with Gasteiger partial charge in [0.2, 0.25) is 0 Å². The van der Waals surface area contributed by atoms with Crippen LogP contribution >= 0.6 is 23.7 Å². The summed E-state index contributed by atoms with van der Waals surface area (Å²) in [7, 11) is 0. The van der Waals surface area contributed by atoms with Gasteiger partial charge in [0.1, 0.15) is 0 Å². The minimum absolute atomic E-state index is 0. The van der Waals surface area contributed by atoms with E-state index in [0.29, 0.717) is 4.88 Å². The Morgan fingerprint density at radius 3 is 2.40 bits per heavy atom. The molecule has 0 saturated heterocycles. The van der Waals surface area contributed by atoms with Gasteiger partial charge in [-0.2, -0.15) is 13.2 Å². The molecule has 6 heteroatoms. The van der Waals surface area contributed by atoms with E-state index in [0.717, 1.165) is 11.3 Å². The third-order valence-electron chi connectivity index (χ3n) is 1.85. The van der Waals surface area contributed by atoms with Gasteiger partial charge in [-0.3, -0.25) is 0 Å². The van der Waals surface area contributed by atoms with Gasteiger partial charge in [0, 0.05) is 15.8 Å². The summed E-state index contributed by atoms with van der Waals surface area (Å²) in [6.45, 7) is 1.96. The van der Waals surface area contributed by atoms with Crippen LogP contribution in [0.25, 0.3) is 0 Å². The summed E-state index contributed by atoms with van der Waals surface area (Å²) in [5.74, 6) is 0. The van der Waals surface area contributed by atoms with Crippen LogP contribution in [0.5, 0.6) is 0 Å². The van der Waals surface area contributed by atoms with E-state index < -0.39 is 18.6 Å². The van der Waals surface area contributed by atoms with Crippen molar-refractivity contribution in [1.29, 1.82) is 0 Å². The molecule has 1 aromatic rings. The first-order valence-corrected chi connectivity index (χ1v) is 5.15. The molecule has 0 unspecified atom stereocenters. The molecule has 0 saturated carbocycles. The standard InChI is InChI=1S/C9H12F3NS.ClH/c1-2-6-3-4-8(14-6)7(13)5-9(10,11)12;/h3-4,7H,2,5,13H2,1H3;1H/t7-;/m1./s1. The van der Waals surface area contributed by atoms with Crippen molar-refractivity contribution in [2.24, 2.45) is 5.73 Å². The Kier molecular flexibility index (Phi) is 5.62. The summed E-state index contributed by atoms with van der Waals surface area (Å²) < 4.78 is 36.0. The van der Waals surface area contributed by atoms with Crippen LogP contribution in [0, 0.1) is 0 Å². The van der Waals surface area contributed by atoms with Crippen LogP contribution in [0.1, 0.15) is 29.1 Å². The maximum absolute atomic E-state index is 12.0. The molecule has 0 aromatic carbocycles. The maximum atomic E-state index is 12.0. The molecule has 1 nitrogen and oxygen atoms in total. The zero-order valence-corrected chi connectivity index (χ0v) is 9.81.